The smallest absolute Gasteiger partial charge is 0.0565 e. The van der Waals surface area contributed by atoms with Gasteiger partial charge in [0.15, 0.2) is 0 Å². The summed E-state index contributed by atoms with van der Waals surface area (Å²) in [4.78, 5) is 3.21. The number of aromatic nitrogens is 1. The normalized spacial score (nSPS) is 10.9. The van der Waals surface area contributed by atoms with Crippen LogP contribution in [0.4, 0.5) is 0 Å². The number of aromatic amines is 1. The highest BCUT2D eigenvalue weighted by Crippen LogP contribution is 2.20. The number of rotatable bonds is 1. The van der Waals surface area contributed by atoms with Crippen LogP contribution in [0.3, 0.4) is 0 Å². The molecular weight excluding hydrogens is 144 g/mol. The van der Waals surface area contributed by atoms with Gasteiger partial charge in [-0.2, -0.15) is 0 Å². The number of nitrogens with two attached hydrogens (primary N) is 1. The Balaban J connectivity index is 2.67. The maximum absolute atomic E-state index is 5.45. The molecule has 0 spiro atoms. The number of H-pyrrole nitrogens is 1. The zero-order chi connectivity index (χ0) is 6.97. The molecule has 2 nitrogen and oxygen atoms in total. The van der Waals surface area contributed by atoms with Gasteiger partial charge in [0, 0.05) is 12.2 Å². The Morgan fingerprint density at radius 1 is 1.60 bits per heavy atom. The van der Waals surface area contributed by atoms with Gasteiger partial charge in [0.2, 0.25) is 0 Å². The van der Waals surface area contributed by atoms with E-state index in [4.69, 9.17) is 5.73 Å². The molecule has 2 aromatic rings. The number of hydrogen-bond donors (Lipinski definition) is 2. The average molecular weight is 152 g/mol. The molecular formula is C7H8N2S. The summed E-state index contributed by atoms with van der Waals surface area (Å²) in [7, 11) is 0. The molecule has 10 heavy (non-hydrogen) atoms. The Kier molecular flexibility index (Phi) is 1.25. The van der Waals surface area contributed by atoms with Gasteiger partial charge in [-0.05, 0) is 17.5 Å². The van der Waals surface area contributed by atoms with Crippen molar-refractivity contribution in [2.24, 2.45) is 5.73 Å². The third-order valence-corrected chi connectivity index (χ3v) is 2.38. The van der Waals surface area contributed by atoms with Crippen LogP contribution in [0.1, 0.15) is 5.69 Å². The Labute approximate surface area is 62.7 Å². The summed E-state index contributed by atoms with van der Waals surface area (Å²) >= 11 is 1.74. The standard InChI is InChI=1S/C7H8N2S/c8-4-5-3-7-6(9-5)1-2-10-7/h1-3,9H,4,8H2. The average Bonchev–Trinajstić information content (AvgIpc) is 2.42. The van der Waals surface area contributed by atoms with Gasteiger partial charge in [-0.15, -0.1) is 11.3 Å². The maximum atomic E-state index is 5.45. The first-order valence-corrected chi connectivity index (χ1v) is 4.03. The molecule has 2 aromatic heterocycles. The van der Waals surface area contributed by atoms with Gasteiger partial charge in [-0.25, -0.2) is 0 Å². The number of hydrogen-bond acceptors (Lipinski definition) is 2. The summed E-state index contributed by atoms with van der Waals surface area (Å²) in [6.45, 7) is 0.599. The van der Waals surface area contributed by atoms with Gasteiger partial charge in [0.1, 0.15) is 0 Å². The zero-order valence-electron chi connectivity index (χ0n) is 5.42. The van der Waals surface area contributed by atoms with E-state index in [1.54, 1.807) is 11.3 Å². The lowest BCUT2D eigenvalue weighted by atomic mass is 10.4. The lowest BCUT2D eigenvalue weighted by molar-refractivity contribution is 1.02. The lowest BCUT2D eigenvalue weighted by Gasteiger charge is -1.83. The van der Waals surface area contributed by atoms with Gasteiger partial charge < -0.3 is 10.7 Å². The van der Waals surface area contributed by atoms with E-state index >= 15 is 0 Å². The number of thiophene rings is 1. The fourth-order valence-electron chi connectivity index (χ4n) is 1.01. The Bertz CT molecular complexity index is 305. The first-order chi connectivity index (χ1) is 4.90. The highest BCUT2D eigenvalue weighted by molar-refractivity contribution is 7.17. The highest BCUT2D eigenvalue weighted by Gasteiger charge is 1.97. The molecule has 0 bridgehead atoms. The van der Waals surface area contributed by atoms with E-state index in [1.165, 1.54) is 10.2 Å². The first kappa shape index (κ1) is 5.95. The minimum absolute atomic E-state index is 0.599. The van der Waals surface area contributed by atoms with Gasteiger partial charge in [-0.1, -0.05) is 0 Å². The molecule has 0 aliphatic heterocycles. The molecule has 3 heteroatoms. The third-order valence-electron chi connectivity index (χ3n) is 1.52. The molecule has 0 amide bonds. The van der Waals surface area contributed by atoms with Crippen molar-refractivity contribution >= 4 is 21.6 Å². The van der Waals surface area contributed by atoms with E-state index < -0.39 is 0 Å². The number of fused-ring (bicyclic) bond motifs is 1. The topological polar surface area (TPSA) is 41.8 Å². The monoisotopic (exact) mass is 152 g/mol. The molecule has 3 N–H and O–H groups in total. The minimum atomic E-state index is 0.599. The molecule has 0 aromatic carbocycles. The van der Waals surface area contributed by atoms with Crippen molar-refractivity contribution < 1.29 is 0 Å². The molecule has 0 saturated heterocycles. The molecule has 0 aliphatic rings. The first-order valence-electron chi connectivity index (χ1n) is 3.15. The number of nitrogens with one attached hydrogen (secondary N) is 1. The van der Waals surface area contributed by atoms with Crippen LogP contribution in [0, 0.1) is 0 Å². The zero-order valence-corrected chi connectivity index (χ0v) is 6.24. The second-order valence-corrected chi connectivity index (χ2v) is 3.14. The summed E-state index contributed by atoms with van der Waals surface area (Å²) in [5.41, 5.74) is 7.76. The fraction of sp³-hybridized carbons (Fsp3) is 0.143. The summed E-state index contributed by atoms with van der Waals surface area (Å²) < 4.78 is 1.29. The minimum Gasteiger partial charge on any atom is -0.357 e. The van der Waals surface area contributed by atoms with Crippen LogP contribution in [-0.2, 0) is 6.54 Å². The lowest BCUT2D eigenvalue weighted by Crippen LogP contribution is -1.94. The maximum Gasteiger partial charge on any atom is 0.0565 e. The van der Waals surface area contributed by atoms with E-state index in [0.717, 1.165) is 5.69 Å². The van der Waals surface area contributed by atoms with E-state index in [-0.39, 0.29) is 0 Å². The summed E-state index contributed by atoms with van der Waals surface area (Å²) in [5.74, 6) is 0. The van der Waals surface area contributed by atoms with E-state index in [0.29, 0.717) is 6.54 Å². The van der Waals surface area contributed by atoms with Crippen molar-refractivity contribution in [2.45, 2.75) is 6.54 Å². The summed E-state index contributed by atoms with van der Waals surface area (Å²) in [5, 5.41) is 2.07. The van der Waals surface area contributed by atoms with Gasteiger partial charge >= 0.3 is 0 Å². The van der Waals surface area contributed by atoms with Crippen LogP contribution in [0.25, 0.3) is 10.2 Å². The van der Waals surface area contributed by atoms with Crippen LogP contribution in [-0.4, -0.2) is 4.98 Å². The van der Waals surface area contributed by atoms with E-state index in [1.807, 2.05) is 0 Å². The molecule has 0 saturated carbocycles. The quantitative estimate of drug-likeness (QED) is 0.641. The summed E-state index contributed by atoms with van der Waals surface area (Å²) in [6, 6.07) is 4.17. The van der Waals surface area contributed by atoms with Crippen LogP contribution in [0.15, 0.2) is 17.5 Å². The van der Waals surface area contributed by atoms with Crippen LogP contribution in [0.2, 0.25) is 0 Å². The van der Waals surface area contributed by atoms with Crippen LogP contribution in [0.5, 0.6) is 0 Å². The molecule has 2 rings (SSSR count). The van der Waals surface area contributed by atoms with E-state index in [9.17, 15) is 0 Å². The van der Waals surface area contributed by atoms with Crippen molar-refractivity contribution in [3.05, 3.63) is 23.2 Å². The van der Waals surface area contributed by atoms with Crippen LogP contribution < -0.4 is 5.73 Å². The molecule has 0 unspecified atom stereocenters. The molecule has 0 radical (unpaired) electrons. The van der Waals surface area contributed by atoms with Gasteiger partial charge in [-0.3, -0.25) is 0 Å². The van der Waals surface area contributed by atoms with Gasteiger partial charge in [0.05, 0.1) is 10.2 Å². The van der Waals surface area contributed by atoms with Crippen molar-refractivity contribution in [2.75, 3.05) is 0 Å². The Morgan fingerprint density at radius 2 is 2.50 bits per heavy atom. The summed E-state index contributed by atoms with van der Waals surface area (Å²) in [6.07, 6.45) is 0. The Morgan fingerprint density at radius 3 is 3.20 bits per heavy atom. The van der Waals surface area contributed by atoms with Crippen molar-refractivity contribution in [3.63, 3.8) is 0 Å². The molecule has 52 valence electrons. The Hall–Kier alpha value is -0.800. The van der Waals surface area contributed by atoms with Gasteiger partial charge in [0.25, 0.3) is 0 Å². The second kappa shape index (κ2) is 2.11. The van der Waals surface area contributed by atoms with Crippen LogP contribution >= 0.6 is 11.3 Å². The largest absolute Gasteiger partial charge is 0.357 e. The third kappa shape index (κ3) is 0.751. The van der Waals surface area contributed by atoms with Crippen molar-refractivity contribution in [3.8, 4) is 0 Å². The SMILES string of the molecule is NCc1cc2sccc2[nH]1. The second-order valence-electron chi connectivity index (χ2n) is 2.20. The predicted molar refractivity (Wildman–Crippen MR) is 44.1 cm³/mol. The fourth-order valence-corrected chi connectivity index (χ4v) is 1.82. The molecule has 0 aliphatic carbocycles. The van der Waals surface area contributed by atoms with E-state index in [2.05, 4.69) is 22.5 Å². The molecule has 2 heterocycles. The van der Waals surface area contributed by atoms with Crippen molar-refractivity contribution in [1.29, 1.82) is 0 Å². The molecule has 0 atom stereocenters. The predicted octanol–water partition coefficient (Wildman–Crippen LogP) is 1.69. The van der Waals surface area contributed by atoms with Crippen molar-refractivity contribution in [1.82, 2.24) is 4.98 Å². The molecule has 0 fully saturated rings. The highest BCUT2D eigenvalue weighted by atomic mass is 32.1.